The van der Waals surface area contributed by atoms with Gasteiger partial charge in [0.1, 0.15) is 0 Å². The van der Waals surface area contributed by atoms with E-state index in [2.05, 4.69) is 85.0 Å². The maximum absolute atomic E-state index is 12.0. The van der Waals surface area contributed by atoms with E-state index in [1.807, 2.05) is 36.0 Å². The third kappa shape index (κ3) is 4.37. The lowest BCUT2D eigenvalue weighted by Crippen LogP contribution is -2.05. The Balaban J connectivity index is 1.65. The van der Waals surface area contributed by atoms with Crippen LogP contribution in [-0.2, 0) is 4.74 Å². The number of anilines is 1. The highest BCUT2D eigenvalue weighted by Gasteiger charge is 2.22. The number of hydrogen-bond donors (Lipinski definition) is 1. The number of methoxy groups -OCH3 is 1. The second-order valence-electron chi connectivity index (χ2n) is 8.24. The normalized spacial score (nSPS) is 12.3. The number of carbonyl (C=O) groups excluding carboxylic acids is 1. The molecular formula is C30H25NO2S. The van der Waals surface area contributed by atoms with Gasteiger partial charge >= 0.3 is 5.97 Å². The number of aryl methyl sites for hydroxylation is 1. The Hall–Kier alpha value is -3.76. The highest BCUT2D eigenvalue weighted by atomic mass is 32.2. The van der Waals surface area contributed by atoms with Crippen LogP contribution in [0.3, 0.4) is 0 Å². The van der Waals surface area contributed by atoms with E-state index in [-0.39, 0.29) is 5.97 Å². The lowest BCUT2D eigenvalue weighted by molar-refractivity contribution is 0.0600. The minimum Gasteiger partial charge on any atom is -0.465 e. The van der Waals surface area contributed by atoms with E-state index in [4.69, 9.17) is 4.74 Å². The third-order valence-electron chi connectivity index (χ3n) is 6.03. The summed E-state index contributed by atoms with van der Waals surface area (Å²) in [7, 11) is 1.40. The van der Waals surface area contributed by atoms with Crippen molar-refractivity contribution in [3.8, 4) is 11.1 Å². The first-order chi connectivity index (χ1) is 16.6. The van der Waals surface area contributed by atoms with E-state index in [0.29, 0.717) is 5.56 Å². The monoisotopic (exact) mass is 463 g/mol. The summed E-state index contributed by atoms with van der Waals surface area (Å²) in [5, 5.41) is 3.73. The summed E-state index contributed by atoms with van der Waals surface area (Å²) in [5.41, 5.74) is 9.77. The van der Waals surface area contributed by atoms with Crippen molar-refractivity contribution in [2.45, 2.75) is 11.8 Å². The molecule has 1 heterocycles. The topological polar surface area (TPSA) is 38.3 Å². The fourth-order valence-corrected chi connectivity index (χ4v) is 5.17. The Morgan fingerprint density at radius 3 is 2.15 bits per heavy atom. The number of fused-ring (bicyclic) bond motifs is 3. The fourth-order valence-electron chi connectivity index (χ4n) is 4.23. The number of esters is 1. The van der Waals surface area contributed by atoms with E-state index in [1.165, 1.54) is 39.8 Å². The molecule has 0 bridgehead atoms. The molecule has 5 rings (SSSR count). The van der Waals surface area contributed by atoms with E-state index in [0.717, 1.165) is 22.7 Å². The largest absolute Gasteiger partial charge is 0.465 e. The average Bonchev–Trinajstić information content (AvgIpc) is 3.03. The Kier molecular flexibility index (Phi) is 6.24. The van der Waals surface area contributed by atoms with Crippen LogP contribution in [0.25, 0.3) is 22.4 Å². The van der Waals surface area contributed by atoms with Gasteiger partial charge in [0, 0.05) is 21.9 Å². The van der Waals surface area contributed by atoms with Gasteiger partial charge in [0.05, 0.1) is 18.4 Å². The summed E-state index contributed by atoms with van der Waals surface area (Å²) in [6, 6.07) is 33.3. The standard InChI is InChI=1S/C30H25NO2S/c1-20-11-17-23(18-12-20)34-19-27-25-8-4-3-7-24(25)26-9-5-6-10-28(26)31-29(27)21-13-15-22(16-14-21)30(32)33-2/h3-18,31H,19H2,1-2H3. The highest BCUT2D eigenvalue weighted by Crippen LogP contribution is 2.43. The molecule has 1 aliphatic rings. The molecule has 0 radical (unpaired) electrons. The number of carbonyl (C=O) groups is 1. The van der Waals surface area contributed by atoms with Gasteiger partial charge in [-0.3, -0.25) is 0 Å². The molecule has 4 aromatic rings. The molecule has 168 valence electrons. The number of thioether (sulfide) groups is 1. The molecule has 0 atom stereocenters. The van der Waals surface area contributed by atoms with Crippen LogP contribution in [0.5, 0.6) is 0 Å². The number of nitrogens with one attached hydrogen (secondary N) is 1. The molecule has 0 unspecified atom stereocenters. The van der Waals surface area contributed by atoms with Gasteiger partial charge in [0.2, 0.25) is 0 Å². The minimum absolute atomic E-state index is 0.333. The van der Waals surface area contributed by atoms with Gasteiger partial charge < -0.3 is 10.1 Å². The molecule has 1 N–H and O–H groups in total. The Morgan fingerprint density at radius 2 is 1.44 bits per heavy atom. The average molecular weight is 464 g/mol. The molecule has 0 aromatic heterocycles. The van der Waals surface area contributed by atoms with Crippen LogP contribution in [0.4, 0.5) is 5.69 Å². The van der Waals surface area contributed by atoms with E-state index in [9.17, 15) is 4.79 Å². The fraction of sp³-hybridized carbons (Fsp3) is 0.100. The van der Waals surface area contributed by atoms with Crippen LogP contribution in [0, 0.1) is 6.92 Å². The van der Waals surface area contributed by atoms with Crippen LogP contribution in [0.1, 0.15) is 27.0 Å². The summed E-state index contributed by atoms with van der Waals surface area (Å²) in [6.07, 6.45) is 0. The summed E-state index contributed by atoms with van der Waals surface area (Å²) in [5.74, 6) is 0.468. The Labute approximate surface area is 204 Å². The number of benzene rings is 4. The molecule has 0 fully saturated rings. The summed E-state index contributed by atoms with van der Waals surface area (Å²) >= 11 is 1.83. The van der Waals surface area contributed by atoms with Crippen LogP contribution in [0.2, 0.25) is 0 Å². The van der Waals surface area contributed by atoms with Gasteiger partial charge in [0.25, 0.3) is 0 Å². The predicted molar refractivity (Wildman–Crippen MR) is 142 cm³/mol. The molecule has 4 aromatic carbocycles. The summed E-state index contributed by atoms with van der Waals surface area (Å²) in [6.45, 7) is 2.11. The SMILES string of the molecule is COC(=O)c1ccc(C2=C(CSc3ccc(C)cc3)c3ccccc3-c3ccccc3N2)cc1. The maximum Gasteiger partial charge on any atom is 0.337 e. The second-order valence-corrected chi connectivity index (χ2v) is 9.29. The van der Waals surface area contributed by atoms with Crippen molar-refractivity contribution in [1.29, 1.82) is 0 Å². The lowest BCUT2D eigenvalue weighted by atomic mass is 9.94. The van der Waals surface area contributed by atoms with Crippen LogP contribution < -0.4 is 5.32 Å². The van der Waals surface area contributed by atoms with Crippen molar-refractivity contribution in [1.82, 2.24) is 0 Å². The van der Waals surface area contributed by atoms with Crippen LogP contribution in [-0.4, -0.2) is 18.8 Å². The summed E-state index contributed by atoms with van der Waals surface area (Å²) < 4.78 is 4.88. The van der Waals surface area contributed by atoms with Crippen LogP contribution in [0.15, 0.2) is 102 Å². The zero-order valence-electron chi connectivity index (χ0n) is 19.2. The Morgan fingerprint density at radius 1 is 0.794 bits per heavy atom. The van der Waals surface area contributed by atoms with Crippen molar-refractivity contribution in [2.75, 3.05) is 18.2 Å². The van der Waals surface area contributed by atoms with Crippen molar-refractivity contribution in [3.05, 3.63) is 119 Å². The van der Waals surface area contributed by atoms with E-state index in [1.54, 1.807) is 0 Å². The Bertz CT molecular complexity index is 1370. The van der Waals surface area contributed by atoms with Gasteiger partial charge in [-0.2, -0.15) is 0 Å². The quantitative estimate of drug-likeness (QED) is 0.245. The molecular weight excluding hydrogens is 438 g/mol. The zero-order chi connectivity index (χ0) is 23.5. The molecule has 4 heteroatoms. The molecule has 0 spiro atoms. The van der Waals surface area contributed by atoms with Gasteiger partial charge in [-0.1, -0.05) is 72.3 Å². The van der Waals surface area contributed by atoms with Gasteiger partial charge in [-0.15, -0.1) is 11.8 Å². The van der Waals surface area contributed by atoms with Gasteiger partial charge in [-0.05, 0) is 59.5 Å². The van der Waals surface area contributed by atoms with E-state index < -0.39 is 0 Å². The molecule has 1 aliphatic heterocycles. The molecule has 3 nitrogen and oxygen atoms in total. The van der Waals surface area contributed by atoms with Gasteiger partial charge in [-0.25, -0.2) is 4.79 Å². The van der Waals surface area contributed by atoms with Crippen molar-refractivity contribution in [3.63, 3.8) is 0 Å². The number of rotatable bonds is 5. The molecule has 0 amide bonds. The minimum atomic E-state index is -0.333. The van der Waals surface area contributed by atoms with Crippen molar-refractivity contribution < 1.29 is 9.53 Å². The second kappa shape index (κ2) is 9.62. The first kappa shape index (κ1) is 22.1. The van der Waals surface area contributed by atoms with Crippen LogP contribution >= 0.6 is 11.8 Å². The maximum atomic E-state index is 12.0. The number of hydrogen-bond acceptors (Lipinski definition) is 4. The predicted octanol–water partition coefficient (Wildman–Crippen LogP) is 7.53. The molecule has 0 saturated heterocycles. The number of ether oxygens (including phenoxy) is 1. The zero-order valence-corrected chi connectivity index (χ0v) is 20.0. The smallest absolute Gasteiger partial charge is 0.337 e. The molecule has 0 aliphatic carbocycles. The van der Waals surface area contributed by atoms with E-state index >= 15 is 0 Å². The molecule has 34 heavy (non-hydrogen) atoms. The third-order valence-corrected chi connectivity index (χ3v) is 7.07. The first-order valence-electron chi connectivity index (χ1n) is 11.2. The van der Waals surface area contributed by atoms with Crippen molar-refractivity contribution >= 4 is 34.7 Å². The number of para-hydroxylation sites is 1. The van der Waals surface area contributed by atoms with Gasteiger partial charge in [0.15, 0.2) is 0 Å². The highest BCUT2D eigenvalue weighted by molar-refractivity contribution is 7.99. The van der Waals surface area contributed by atoms with Crippen molar-refractivity contribution in [2.24, 2.45) is 0 Å². The first-order valence-corrected chi connectivity index (χ1v) is 12.2. The lowest BCUT2D eigenvalue weighted by Gasteiger charge is -2.17. The summed E-state index contributed by atoms with van der Waals surface area (Å²) in [4.78, 5) is 13.2. The molecule has 0 saturated carbocycles.